The molecule has 246 valence electrons. The molecule has 0 saturated carbocycles. The number of hydrogen-bond donors (Lipinski definition) is 0. The molecule has 8 nitrogen and oxygen atoms in total. The predicted molar refractivity (Wildman–Crippen MR) is 193 cm³/mol. The van der Waals surface area contributed by atoms with Crippen LogP contribution in [0.25, 0.3) is 16.7 Å². The molecule has 0 bridgehead atoms. The summed E-state index contributed by atoms with van der Waals surface area (Å²) in [5.41, 5.74) is 4.79. The van der Waals surface area contributed by atoms with Crippen LogP contribution in [0.2, 0.25) is 0 Å². The predicted octanol–water partition coefficient (Wildman–Crippen LogP) is 8.02. The van der Waals surface area contributed by atoms with Crippen LogP contribution in [0.1, 0.15) is 31.4 Å². The van der Waals surface area contributed by atoms with Crippen molar-refractivity contribution in [2.24, 2.45) is 9.98 Å². The molecule has 0 radical (unpaired) electrons. The molecule has 3 aliphatic rings. The van der Waals surface area contributed by atoms with E-state index in [4.69, 9.17) is 38.4 Å². The van der Waals surface area contributed by atoms with Crippen molar-refractivity contribution in [3.63, 3.8) is 0 Å². The van der Waals surface area contributed by atoms with Crippen molar-refractivity contribution >= 4 is 49.2 Å². The molecule has 4 atom stereocenters. The van der Waals surface area contributed by atoms with Gasteiger partial charge in [0.15, 0.2) is 0 Å². The topological polar surface area (TPSA) is 80.1 Å². The minimum atomic E-state index is -0.499. The van der Waals surface area contributed by atoms with Crippen LogP contribution in [-0.4, -0.2) is 74.2 Å². The third-order valence-corrected chi connectivity index (χ3v) is 11.3. The van der Waals surface area contributed by atoms with Gasteiger partial charge in [-0.15, -0.1) is 0 Å². The van der Waals surface area contributed by atoms with Gasteiger partial charge in [0, 0.05) is 28.7 Å². The van der Waals surface area contributed by atoms with Gasteiger partial charge in [0.1, 0.15) is 36.2 Å². The molecule has 3 aromatic rings. The highest BCUT2D eigenvalue weighted by molar-refractivity contribution is 9.12. The fourth-order valence-electron chi connectivity index (χ4n) is 6.35. The summed E-state index contributed by atoms with van der Waals surface area (Å²) in [4.78, 5) is 10.1. The number of ether oxygens (including phenoxy) is 6. The number of halogens is 2. The van der Waals surface area contributed by atoms with Crippen LogP contribution in [0, 0.1) is 0 Å². The van der Waals surface area contributed by atoms with Gasteiger partial charge in [-0.05, 0) is 73.5 Å². The van der Waals surface area contributed by atoms with E-state index in [1.54, 1.807) is 28.4 Å². The summed E-state index contributed by atoms with van der Waals surface area (Å²) in [6.07, 6.45) is 2.75. The number of rotatable bonds is 10. The van der Waals surface area contributed by atoms with Crippen LogP contribution in [0.3, 0.4) is 0 Å². The van der Waals surface area contributed by atoms with E-state index >= 15 is 0 Å². The molecule has 2 heterocycles. The maximum atomic E-state index is 6.33. The summed E-state index contributed by atoms with van der Waals surface area (Å²) >= 11 is 7.73. The molecule has 10 heteroatoms. The molecule has 1 aliphatic carbocycles. The van der Waals surface area contributed by atoms with E-state index in [1.165, 1.54) is 0 Å². The first-order chi connectivity index (χ1) is 22.6. The van der Waals surface area contributed by atoms with Gasteiger partial charge in [-0.1, -0.05) is 56.1 Å². The normalized spacial score (nSPS) is 25.3. The van der Waals surface area contributed by atoms with Gasteiger partial charge < -0.3 is 28.4 Å². The number of benzene rings is 3. The van der Waals surface area contributed by atoms with Crippen molar-refractivity contribution in [2.75, 3.05) is 41.7 Å². The molecule has 0 fully saturated rings. The molecule has 0 amide bonds. The molecule has 47 heavy (non-hydrogen) atoms. The van der Waals surface area contributed by atoms with Gasteiger partial charge in [-0.25, -0.2) is 9.98 Å². The van der Waals surface area contributed by atoms with Crippen LogP contribution in [-0.2, 0) is 14.2 Å². The zero-order valence-corrected chi connectivity index (χ0v) is 30.5. The lowest BCUT2D eigenvalue weighted by Crippen LogP contribution is -2.37. The molecular weight excluding hydrogens is 728 g/mol. The number of methoxy groups -OCH3 is 4. The Morgan fingerprint density at radius 2 is 1.23 bits per heavy atom. The Labute approximate surface area is 292 Å². The van der Waals surface area contributed by atoms with E-state index in [1.807, 2.05) is 60.7 Å². The lowest BCUT2D eigenvalue weighted by molar-refractivity contribution is 0.194. The van der Waals surface area contributed by atoms with Crippen molar-refractivity contribution < 1.29 is 28.4 Å². The Morgan fingerprint density at radius 1 is 0.681 bits per heavy atom. The molecule has 6 rings (SSSR count). The molecular formula is C37H38Br2N2O6. The summed E-state index contributed by atoms with van der Waals surface area (Å²) in [6.45, 7) is 5.12. The van der Waals surface area contributed by atoms with Gasteiger partial charge >= 0.3 is 0 Å². The summed E-state index contributed by atoms with van der Waals surface area (Å²) in [5.74, 6) is 4.41. The summed E-state index contributed by atoms with van der Waals surface area (Å²) < 4.78 is 34.8. The van der Waals surface area contributed by atoms with E-state index in [2.05, 4.69) is 57.8 Å². The molecule has 2 aliphatic heterocycles. The van der Waals surface area contributed by atoms with E-state index in [0.29, 0.717) is 31.4 Å². The molecule has 0 N–H and O–H groups in total. The van der Waals surface area contributed by atoms with E-state index < -0.39 is 11.1 Å². The SMILES string of the molecule is COC1=C(c2ccc(OC)cc2)C=C(C2=N[C@](C)(C[C@]3(C)COC(c4ccc(OC)c(-c5ccc(OC)cc5)c4)=N3)CO2)C(Br)C1Br. The fourth-order valence-corrected chi connectivity index (χ4v) is 7.63. The molecule has 0 saturated heterocycles. The first kappa shape index (κ1) is 33.2. The number of hydrogen-bond acceptors (Lipinski definition) is 8. The monoisotopic (exact) mass is 764 g/mol. The van der Waals surface area contributed by atoms with E-state index in [0.717, 1.165) is 56.4 Å². The van der Waals surface area contributed by atoms with Gasteiger partial charge in [-0.3, -0.25) is 0 Å². The Balaban J connectivity index is 1.26. The molecule has 0 aromatic heterocycles. The Kier molecular flexibility index (Phi) is 9.45. The van der Waals surface area contributed by atoms with Crippen LogP contribution in [0.4, 0.5) is 0 Å². The van der Waals surface area contributed by atoms with Crippen molar-refractivity contribution in [1.82, 2.24) is 0 Å². The van der Waals surface area contributed by atoms with Gasteiger partial charge in [0.05, 0.1) is 49.2 Å². The smallest absolute Gasteiger partial charge is 0.216 e. The molecule has 0 spiro atoms. The highest BCUT2D eigenvalue weighted by Gasteiger charge is 2.45. The highest BCUT2D eigenvalue weighted by Crippen LogP contribution is 2.43. The van der Waals surface area contributed by atoms with Crippen LogP contribution in [0.15, 0.2) is 94.1 Å². The van der Waals surface area contributed by atoms with Crippen molar-refractivity contribution in [3.8, 4) is 28.4 Å². The van der Waals surface area contributed by atoms with Crippen molar-refractivity contribution in [1.29, 1.82) is 0 Å². The maximum Gasteiger partial charge on any atom is 0.216 e. The number of alkyl halides is 2. The van der Waals surface area contributed by atoms with Gasteiger partial charge in [0.25, 0.3) is 0 Å². The lowest BCUT2D eigenvalue weighted by Gasteiger charge is -2.28. The summed E-state index contributed by atoms with van der Waals surface area (Å²) in [6, 6.07) is 21.8. The lowest BCUT2D eigenvalue weighted by atomic mass is 9.86. The standard InChI is InChI=1S/C37H38Br2N2O6/c1-36(20-46-34(40-36)24-11-16-30(44-5)27(17-24)22-7-12-25(42-3)13-8-22)19-37(2)21-47-35(41-37)29-18-28(33(45-6)32(39)31(29)38)23-9-14-26(43-4)15-10-23/h7-18,31-32H,19-21H2,1-6H3/t31?,32?,36-,37-/m1/s1. The average Bonchev–Trinajstić information content (AvgIpc) is 3.67. The average molecular weight is 767 g/mol. The van der Waals surface area contributed by atoms with E-state index in [-0.39, 0.29) is 9.65 Å². The second kappa shape index (κ2) is 13.4. The van der Waals surface area contributed by atoms with Gasteiger partial charge in [0.2, 0.25) is 11.8 Å². The van der Waals surface area contributed by atoms with Gasteiger partial charge in [-0.2, -0.15) is 0 Å². The van der Waals surface area contributed by atoms with Crippen LogP contribution in [0.5, 0.6) is 17.2 Å². The first-order valence-corrected chi connectivity index (χ1v) is 17.1. The first-order valence-electron chi connectivity index (χ1n) is 15.3. The van der Waals surface area contributed by atoms with Crippen LogP contribution >= 0.6 is 31.9 Å². The third-order valence-electron chi connectivity index (χ3n) is 8.63. The Hall–Kier alpha value is -3.76. The summed E-state index contributed by atoms with van der Waals surface area (Å²) in [5, 5.41) is 0. The quantitative estimate of drug-likeness (QED) is 0.195. The zero-order valence-electron chi connectivity index (χ0n) is 27.3. The number of nitrogens with zero attached hydrogens (tertiary/aromatic N) is 2. The largest absolute Gasteiger partial charge is 0.499 e. The Bertz CT molecular complexity index is 1770. The minimum Gasteiger partial charge on any atom is -0.499 e. The van der Waals surface area contributed by atoms with Crippen molar-refractivity contribution in [2.45, 2.75) is 41.0 Å². The second-order valence-electron chi connectivity index (χ2n) is 12.3. The van der Waals surface area contributed by atoms with E-state index in [9.17, 15) is 0 Å². The Morgan fingerprint density at radius 3 is 1.81 bits per heavy atom. The zero-order chi connectivity index (χ0) is 33.3. The third kappa shape index (κ3) is 6.67. The number of allylic oxidation sites excluding steroid dienone is 3. The minimum absolute atomic E-state index is 0.106. The second-order valence-corrected chi connectivity index (χ2v) is 14.3. The maximum absolute atomic E-state index is 6.33. The molecule has 2 unspecified atom stereocenters. The highest BCUT2D eigenvalue weighted by atomic mass is 79.9. The van der Waals surface area contributed by atoms with Crippen molar-refractivity contribution in [3.05, 3.63) is 95.3 Å². The fraction of sp³-hybridized carbons (Fsp3) is 0.351. The summed E-state index contributed by atoms with van der Waals surface area (Å²) in [7, 11) is 6.68. The molecule has 3 aromatic carbocycles. The van der Waals surface area contributed by atoms with Crippen LogP contribution < -0.4 is 14.2 Å². The number of aliphatic imine (C=N–C) groups is 2.